The first kappa shape index (κ1) is 39.9. The number of nitrogens with one attached hydrogen (secondary N) is 1. The van der Waals surface area contributed by atoms with Crippen LogP contribution >= 0.6 is 34.8 Å². The van der Waals surface area contributed by atoms with E-state index in [1.165, 1.54) is 18.2 Å². The van der Waals surface area contributed by atoms with Gasteiger partial charge in [-0.1, -0.05) is 70.7 Å². The van der Waals surface area contributed by atoms with Crippen LogP contribution in [0.15, 0.2) is 119 Å². The number of hydrazine groups is 1. The molecular formula is C45H29Cl3F3N5O6. The number of rotatable bonds is 6. The number of halogens is 6. The summed E-state index contributed by atoms with van der Waals surface area (Å²) in [5, 5.41) is 12.3. The van der Waals surface area contributed by atoms with Crippen molar-refractivity contribution in [2.24, 2.45) is 23.7 Å². The zero-order valence-electron chi connectivity index (χ0n) is 31.7. The third kappa shape index (κ3) is 6.02. The fourth-order valence-electron chi connectivity index (χ4n) is 9.89. The van der Waals surface area contributed by atoms with Gasteiger partial charge in [0.2, 0.25) is 17.7 Å². The van der Waals surface area contributed by atoms with E-state index < -0.39 is 81.2 Å². The molecule has 62 heavy (non-hydrogen) atoms. The Bertz CT molecular complexity index is 2890. The van der Waals surface area contributed by atoms with Gasteiger partial charge >= 0.3 is 6.18 Å². The molecule has 4 aromatic carbocycles. The standard InChI is InChI=1S/C45H29Cl3F3N5O6/c46-24-9-7-22(8-10-24)44-31(41(59)56(43(44)61)54-38-32(48)17-23(20-52-38)45(49,50)51)19-29-27(37(44)30-18-25(47)11-16-34(30)57)14-15-28-36(29)42(60)55(40(28)58)26-12-5-21(6-13-26)39-53-33-3-1-2-4-35(33)62-39/h1-14,16-18,20,28-29,31,36-37,57H,15,19H2,(H,52,54). The number of amides is 4. The van der Waals surface area contributed by atoms with E-state index in [0.29, 0.717) is 61.7 Å². The van der Waals surface area contributed by atoms with Gasteiger partial charge in [-0.05, 0) is 97.1 Å². The van der Waals surface area contributed by atoms with Gasteiger partial charge in [-0.3, -0.25) is 29.5 Å². The normalized spacial score (nSPS) is 24.6. The van der Waals surface area contributed by atoms with Crippen LogP contribution in [0.1, 0.15) is 35.4 Å². The van der Waals surface area contributed by atoms with E-state index in [0.717, 1.165) is 4.90 Å². The Balaban J connectivity index is 1.08. The summed E-state index contributed by atoms with van der Waals surface area (Å²) in [6.07, 6.45) is -2.48. The van der Waals surface area contributed by atoms with Gasteiger partial charge in [0.15, 0.2) is 11.4 Å². The topological polar surface area (TPSA) is 146 Å². The third-order valence-corrected chi connectivity index (χ3v) is 13.3. The molecular weight excluding hydrogens is 870 g/mol. The summed E-state index contributed by atoms with van der Waals surface area (Å²) in [5.41, 5.74) is 2.80. The number of aromatic nitrogens is 2. The average molecular weight is 899 g/mol. The molecule has 6 unspecified atom stereocenters. The molecule has 2 aliphatic heterocycles. The molecule has 4 heterocycles. The second-order valence-electron chi connectivity index (χ2n) is 15.7. The predicted molar refractivity (Wildman–Crippen MR) is 222 cm³/mol. The zero-order valence-corrected chi connectivity index (χ0v) is 34.0. The highest BCUT2D eigenvalue weighted by atomic mass is 35.5. The maximum absolute atomic E-state index is 15.4. The van der Waals surface area contributed by atoms with Gasteiger partial charge < -0.3 is 9.52 Å². The van der Waals surface area contributed by atoms with Crippen molar-refractivity contribution in [3.8, 4) is 17.2 Å². The summed E-state index contributed by atoms with van der Waals surface area (Å²) in [4.78, 5) is 69.0. The Morgan fingerprint density at radius 2 is 1.56 bits per heavy atom. The van der Waals surface area contributed by atoms with E-state index in [1.54, 1.807) is 60.7 Å². The lowest BCUT2D eigenvalue weighted by Crippen LogP contribution is -2.53. The van der Waals surface area contributed by atoms with Gasteiger partial charge in [0, 0.05) is 33.3 Å². The quantitative estimate of drug-likeness (QED) is 0.123. The van der Waals surface area contributed by atoms with Crippen LogP contribution in [0, 0.1) is 23.7 Å². The average Bonchev–Trinajstić information content (AvgIpc) is 3.87. The molecule has 2 saturated heterocycles. The van der Waals surface area contributed by atoms with Crippen LogP contribution in [-0.4, -0.2) is 43.7 Å². The smallest absolute Gasteiger partial charge is 0.417 e. The Morgan fingerprint density at radius 1 is 0.839 bits per heavy atom. The third-order valence-electron chi connectivity index (χ3n) is 12.5. The van der Waals surface area contributed by atoms with Gasteiger partial charge in [-0.2, -0.15) is 18.2 Å². The van der Waals surface area contributed by atoms with Crippen molar-refractivity contribution in [2.75, 3.05) is 10.3 Å². The van der Waals surface area contributed by atoms with Crippen LogP contribution in [0.4, 0.5) is 24.7 Å². The lowest BCUT2D eigenvalue weighted by Gasteiger charge is -2.50. The number of nitrogens with zero attached hydrogens (tertiary/aromatic N) is 4. The summed E-state index contributed by atoms with van der Waals surface area (Å²) in [5.74, 6) is -7.98. The molecule has 11 nitrogen and oxygen atoms in total. The number of imide groups is 2. The van der Waals surface area contributed by atoms with Gasteiger partial charge in [0.1, 0.15) is 11.3 Å². The van der Waals surface area contributed by atoms with Crippen LogP contribution in [-0.2, 0) is 30.8 Å². The fraction of sp³-hybridized carbons (Fsp3) is 0.200. The van der Waals surface area contributed by atoms with Crippen LogP contribution in [0.3, 0.4) is 0 Å². The van der Waals surface area contributed by atoms with Crippen LogP contribution in [0.5, 0.6) is 5.75 Å². The van der Waals surface area contributed by atoms with Crippen molar-refractivity contribution >= 4 is 81.0 Å². The number of pyridine rings is 1. The second-order valence-corrected chi connectivity index (χ2v) is 16.9. The van der Waals surface area contributed by atoms with E-state index in [1.807, 2.05) is 18.2 Å². The molecule has 0 spiro atoms. The lowest BCUT2D eigenvalue weighted by molar-refractivity contribution is -0.139. The molecule has 17 heteroatoms. The molecule has 2 N–H and O–H groups in total. The maximum atomic E-state index is 15.4. The van der Waals surface area contributed by atoms with Crippen molar-refractivity contribution in [1.29, 1.82) is 0 Å². The number of carbonyl (C=O) groups is 4. The number of alkyl halides is 3. The molecule has 10 rings (SSSR count). The summed E-state index contributed by atoms with van der Waals surface area (Å²) in [6.45, 7) is 0. The first-order valence-corrected chi connectivity index (χ1v) is 20.5. The summed E-state index contributed by atoms with van der Waals surface area (Å²) in [6, 6.07) is 25.1. The molecule has 2 aromatic heterocycles. The summed E-state index contributed by atoms with van der Waals surface area (Å²) >= 11 is 19.2. The molecule has 0 bridgehead atoms. The second kappa shape index (κ2) is 14.4. The van der Waals surface area contributed by atoms with Crippen molar-refractivity contribution in [3.63, 3.8) is 0 Å². The Labute approximate surface area is 364 Å². The van der Waals surface area contributed by atoms with Crippen LogP contribution in [0.2, 0.25) is 15.1 Å². The number of fused-ring (bicyclic) bond motifs is 5. The number of phenolic OH excluding ortho intramolecular Hbond substituents is 1. The SMILES string of the molecule is O=C1C2CC3C(=CCC4C(=O)N(c5ccc(-c6nc7ccccc7o6)cc5)C(=O)C43)C(c3cc(Cl)ccc3O)C2(c2ccc(Cl)cc2)C(=O)N1Nc1ncc(C(F)(F)F)cc1Cl. The Kier molecular flexibility index (Phi) is 9.28. The monoisotopic (exact) mass is 897 g/mol. The van der Waals surface area contributed by atoms with Crippen molar-refractivity contribution in [1.82, 2.24) is 15.0 Å². The maximum Gasteiger partial charge on any atom is 0.417 e. The predicted octanol–water partition coefficient (Wildman–Crippen LogP) is 9.76. The van der Waals surface area contributed by atoms with Crippen molar-refractivity contribution in [3.05, 3.63) is 147 Å². The van der Waals surface area contributed by atoms with Crippen LogP contribution in [0.25, 0.3) is 22.6 Å². The number of allylic oxidation sites excluding steroid dienone is 2. The first-order valence-electron chi connectivity index (χ1n) is 19.3. The van der Waals surface area contributed by atoms with Crippen molar-refractivity contribution in [2.45, 2.75) is 30.4 Å². The van der Waals surface area contributed by atoms with Gasteiger partial charge in [-0.15, -0.1) is 0 Å². The number of hydrogen-bond acceptors (Lipinski definition) is 9. The Morgan fingerprint density at radius 3 is 2.27 bits per heavy atom. The molecule has 4 amide bonds. The molecule has 3 fully saturated rings. The number of anilines is 2. The lowest BCUT2D eigenvalue weighted by atomic mass is 9.49. The number of para-hydroxylation sites is 2. The number of aromatic hydroxyl groups is 1. The van der Waals surface area contributed by atoms with E-state index in [2.05, 4.69) is 15.4 Å². The molecule has 4 aliphatic rings. The highest BCUT2D eigenvalue weighted by Crippen LogP contribution is 2.65. The molecule has 6 aromatic rings. The minimum absolute atomic E-state index is 0.0902. The van der Waals surface area contributed by atoms with Crippen LogP contribution < -0.4 is 10.3 Å². The number of carbonyl (C=O) groups excluding carboxylic acids is 4. The zero-order chi connectivity index (χ0) is 43.4. The molecule has 1 saturated carbocycles. The number of benzene rings is 4. The van der Waals surface area contributed by atoms with E-state index in [-0.39, 0.29) is 29.2 Å². The number of hydrogen-bond donors (Lipinski definition) is 2. The first-order chi connectivity index (χ1) is 29.7. The summed E-state index contributed by atoms with van der Waals surface area (Å²) in [7, 11) is 0. The molecule has 0 radical (unpaired) electrons. The van der Waals surface area contributed by atoms with E-state index in [4.69, 9.17) is 39.2 Å². The number of phenols is 1. The number of oxazole rings is 1. The highest BCUT2D eigenvalue weighted by Gasteiger charge is 2.71. The van der Waals surface area contributed by atoms with Gasteiger partial charge in [0.25, 0.3) is 11.8 Å². The summed E-state index contributed by atoms with van der Waals surface area (Å²) < 4.78 is 46.6. The van der Waals surface area contributed by atoms with Gasteiger partial charge in [-0.25, -0.2) is 9.97 Å². The minimum Gasteiger partial charge on any atom is -0.508 e. The van der Waals surface area contributed by atoms with Crippen molar-refractivity contribution < 1.29 is 41.9 Å². The highest BCUT2D eigenvalue weighted by molar-refractivity contribution is 6.33. The molecule has 6 atom stereocenters. The van der Waals surface area contributed by atoms with Gasteiger partial charge in [0.05, 0.1) is 39.4 Å². The Hall–Kier alpha value is -6.22. The fourth-order valence-corrected chi connectivity index (χ4v) is 10.4. The largest absolute Gasteiger partial charge is 0.508 e. The van der Waals surface area contributed by atoms with E-state index in [9.17, 15) is 32.7 Å². The minimum atomic E-state index is -4.78. The van der Waals surface area contributed by atoms with E-state index >= 15 is 4.79 Å². The molecule has 2 aliphatic carbocycles. The molecule has 312 valence electrons.